The number of esters is 1. The van der Waals surface area contributed by atoms with Gasteiger partial charge in [-0.2, -0.15) is 0 Å². The Bertz CT molecular complexity index is 1250. The highest BCUT2D eigenvalue weighted by atomic mass is 16.5. The van der Waals surface area contributed by atoms with Gasteiger partial charge in [0.05, 0.1) is 5.41 Å². The zero-order valence-electron chi connectivity index (χ0n) is 20.8. The van der Waals surface area contributed by atoms with Gasteiger partial charge in [-0.25, -0.2) is 4.79 Å². The molecule has 0 amide bonds. The van der Waals surface area contributed by atoms with Gasteiger partial charge in [0.1, 0.15) is 17.1 Å². The van der Waals surface area contributed by atoms with Crippen molar-refractivity contribution in [3.63, 3.8) is 0 Å². The molecule has 0 aliphatic heterocycles. The van der Waals surface area contributed by atoms with Gasteiger partial charge >= 0.3 is 11.9 Å². The van der Waals surface area contributed by atoms with Crippen LogP contribution in [0.15, 0.2) is 41.2 Å². The smallest absolute Gasteiger partial charge is 0.347 e. The molecule has 0 aromatic heterocycles. The molecule has 7 heteroatoms. The first kappa shape index (κ1) is 24.8. The molecule has 0 unspecified atom stereocenters. The maximum atomic E-state index is 13.3. The second-order valence-electron chi connectivity index (χ2n) is 11.0. The van der Waals surface area contributed by atoms with Crippen LogP contribution in [0, 0.1) is 29.6 Å². The normalized spacial score (nSPS) is 29.3. The summed E-state index contributed by atoms with van der Waals surface area (Å²) < 4.78 is 5.66. The molecule has 2 fully saturated rings. The van der Waals surface area contributed by atoms with Gasteiger partial charge in [-0.1, -0.05) is 25.2 Å². The zero-order chi connectivity index (χ0) is 26.0. The summed E-state index contributed by atoms with van der Waals surface area (Å²) in [5.41, 5.74) is 0.796. The van der Waals surface area contributed by atoms with Crippen LogP contribution in [0.4, 0.5) is 0 Å². The summed E-state index contributed by atoms with van der Waals surface area (Å²) in [5, 5.41) is 30.9. The van der Waals surface area contributed by atoms with Gasteiger partial charge in [-0.3, -0.25) is 9.59 Å². The molecule has 186 valence electrons. The number of carbonyl (C=O) groups is 3. The monoisotopic (exact) mass is 480 g/mol. The number of aryl methyl sites for hydroxylation is 1. The molecule has 4 rings (SSSR count). The minimum absolute atomic E-state index is 0.0501. The van der Waals surface area contributed by atoms with Crippen LogP contribution in [0.1, 0.15) is 68.4 Å². The standard InChI is InChI=1S/C28H32O7/c1-13(2)7-8-17-20(29)9-14(3)21(23(17)31)25(32)35-24-18-10-16-11-27(5,26(33)34)12-19(16)28(18,6)15(4)22(24)30/h7,9,16,19,29,31H,4,8,10-12H2,1-3,5-6H3,(H,33,34)/t16-,19+,27-,28+/m0/s1. The first-order valence-electron chi connectivity index (χ1n) is 11.8. The van der Waals surface area contributed by atoms with Crippen molar-refractivity contribution in [1.82, 2.24) is 0 Å². The molecule has 1 aromatic rings. The molecule has 35 heavy (non-hydrogen) atoms. The molecule has 0 heterocycles. The van der Waals surface area contributed by atoms with Gasteiger partial charge in [0.15, 0.2) is 5.76 Å². The van der Waals surface area contributed by atoms with Crippen LogP contribution in [0.2, 0.25) is 0 Å². The summed E-state index contributed by atoms with van der Waals surface area (Å²) in [6, 6.07) is 1.40. The number of ether oxygens (including phenoxy) is 1. The summed E-state index contributed by atoms with van der Waals surface area (Å²) >= 11 is 0. The Labute approximate surface area is 204 Å². The van der Waals surface area contributed by atoms with Gasteiger partial charge in [0.25, 0.3) is 0 Å². The predicted octanol–water partition coefficient (Wildman–Crippen LogP) is 4.99. The number of Topliss-reactive ketones (excluding diaryl/α,β-unsaturated/α-hetero) is 1. The van der Waals surface area contributed by atoms with Crippen LogP contribution in [-0.2, 0) is 20.7 Å². The fourth-order valence-corrected chi connectivity index (χ4v) is 6.30. The van der Waals surface area contributed by atoms with Gasteiger partial charge in [0, 0.05) is 16.6 Å². The van der Waals surface area contributed by atoms with E-state index in [1.54, 1.807) is 13.8 Å². The number of hydrogen-bond donors (Lipinski definition) is 3. The summed E-state index contributed by atoms with van der Waals surface area (Å²) in [7, 11) is 0. The van der Waals surface area contributed by atoms with E-state index in [2.05, 4.69) is 6.58 Å². The zero-order valence-corrected chi connectivity index (χ0v) is 20.8. The maximum absolute atomic E-state index is 13.3. The molecule has 2 saturated carbocycles. The van der Waals surface area contributed by atoms with Crippen LogP contribution in [-0.4, -0.2) is 33.0 Å². The van der Waals surface area contributed by atoms with Crippen molar-refractivity contribution in [2.75, 3.05) is 0 Å². The summed E-state index contributed by atoms with van der Waals surface area (Å²) in [6.07, 6.45) is 3.42. The average molecular weight is 481 g/mol. The number of hydrogen-bond acceptors (Lipinski definition) is 6. The third-order valence-electron chi connectivity index (χ3n) is 8.38. The first-order valence-corrected chi connectivity index (χ1v) is 11.8. The lowest BCUT2D eigenvalue weighted by molar-refractivity contribution is -0.148. The molecule has 4 atom stereocenters. The average Bonchev–Trinajstić information content (AvgIpc) is 3.29. The largest absolute Gasteiger partial charge is 0.508 e. The summed E-state index contributed by atoms with van der Waals surface area (Å²) in [4.78, 5) is 38.3. The van der Waals surface area contributed by atoms with Crippen molar-refractivity contribution in [3.05, 3.63) is 57.9 Å². The van der Waals surface area contributed by atoms with E-state index in [1.807, 2.05) is 26.8 Å². The number of phenols is 2. The van der Waals surface area contributed by atoms with Crippen molar-refractivity contribution in [3.8, 4) is 11.5 Å². The molecule has 3 N–H and O–H groups in total. The molecular weight excluding hydrogens is 448 g/mol. The van der Waals surface area contributed by atoms with Crippen LogP contribution in [0.3, 0.4) is 0 Å². The van der Waals surface area contributed by atoms with Gasteiger partial charge in [-0.15, -0.1) is 0 Å². The van der Waals surface area contributed by atoms with Crippen molar-refractivity contribution in [1.29, 1.82) is 0 Å². The third kappa shape index (κ3) is 3.60. The fraction of sp³-hybridized carbons (Fsp3) is 0.464. The lowest BCUT2D eigenvalue weighted by Crippen LogP contribution is -2.29. The number of fused-ring (bicyclic) bond motifs is 3. The highest BCUT2D eigenvalue weighted by Crippen LogP contribution is 2.67. The number of carboxylic acids is 1. The number of carbonyl (C=O) groups excluding carboxylic acids is 2. The van der Waals surface area contributed by atoms with Crippen LogP contribution in [0.25, 0.3) is 0 Å². The van der Waals surface area contributed by atoms with E-state index < -0.39 is 28.6 Å². The Morgan fingerprint density at radius 2 is 1.89 bits per heavy atom. The Morgan fingerprint density at radius 3 is 2.49 bits per heavy atom. The maximum Gasteiger partial charge on any atom is 0.347 e. The Morgan fingerprint density at radius 1 is 1.23 bits per heavy atom. The van der Waals surface area contributed by atoms with E-state index in [0.717, 1.165) is 5.57 Å². The number of aliphatic carboxylic acids is 1. The van der Waals surface area contributed by atoms with E-state index in [9.17, 15) is 29.7 Å². The summed E-state index contributed by atoms with van der Waals surface area (Å²) in [5.74, 6) is -2.77. The molecule has 3 aliphatic carbocycles. The molecule has 1 aromatic carbocycles. The Kier molecular flexibility index (Phi) is 5.74. The Hall–Kier alpha value is -3.35. The van der Waals surface area contributed by atoms with E-state index in [1.165, 1.54) is 6.07 Å². The number of rotatable bonds is 5. The molecule has 0 saturated heterocycles. The first-order chi connectivity index (χ1) is 16.2. The highest BCUT2D eigenvalue weighted by molar-refractivity contribution is 6.14. The topological polar surface area (TPSA) is 121 Å². The molecule has 0 radical (unpaired) electrons. The van der Waals surface area contributed by atoms with Crippen LogP contribution >= 0.6 is 0 Å². The lowest BCUT2D eigenvalue weighted by atomic mass is 9.71. The quantitative estimate of drug-likeness (QED) is 0.308. The second-order valence-corrected chi connectivity index (χ2v) is 11.0. The Balaban J connectivity index is 1.70. The number of ketones is 1. The minimum Gasteiger partial charge on any atom is -0.508 e. The van der Waals surface area contributed by atoms with Crippen LogP contribution in [0.5, 0.6) is 11.5 Å². The van der Waals surface area contributed by atoms with Gasteiger partial charge in [-0.05, 0) is 82.4 Å². The highest BCUT2D eigenvalue weighted by Gasteiger charge is 2.64. The minimum atomic E-state index is -0.876. The van der Waals surface area contributed by atoms with E-state index in [0.29, 0.717) is 36.0 Å². The molecule has 7 nitrogen and oxygen atoms in total. The molecule has 3 aliphatic rings. The summed E-state index contributed by atoms with van der Waals surface area (Å²) in [6.45, 7) is 13.0. The third-order valence-corrected chi connectivity index (χ3v) is 8.38. The van der Waals surface area contributed by atoms with E-state index in [4.69, 9.17) is 4.74 Å². The number of benzene rings is 1. The van der Waals surface area contributed by atoms with Crippen LogP contribution < -0.4 is 0 Å². The van der Waals surface area contributed by atoms with Gasteiger partial charge in [0.2, 0.25) is 5.78 Å². The second kappa shape index (κ2) is 8.11. The van der Waals surface area contributed by atoms with E-state index >= 15 is 0 Å². The number of allylic oxidation sites excluding steroid dienone is 4. The van der Waals surface area contributed by atoms with Crippen molar-refractivity contribution >= 4 is 17.7 Å². The van der Waals surface area contributed by atoms with Crippen molar-refractivity contribution < 1.29 is 34.4 Å². The fourth-order valence-electron chi connectivity index (χ4n) is 6.30. The van der Waals surface area contributed by atoms with Crippen molar-refractivity contribution in [2.24, 2.45) is 22.7 Å². The number of aromatic hydroxyl groups is 2. The number of carboxylic acid groups (broad SMARTS) is 1. The van der Waals surface area contributed by atoms with Gasteiger partial charge < -0.3 is 20.1 Å². The lowest BCUT2D eigenvalue weighted by Gasteiger charge is -2.31. The molecular formula is C28H32O7. The number of phenolic OH excluding ortho intramolecular Hbond substituents is 2. The predicted molar refractivity (Wildman–Crippen MR) is 129 cm³/mol. The molecule has 0 bridgehead atoms. The SMILES string of the molecule is C=C1C(=O)C(OC(=O)c2c(C)cc(O)c(CC=C(C)C)c2O)=C2C[C@H]3C[C@](C)(C(=O)O)C[C@H]3[C@]12C. The molecule has 0 spiro atoms. The van der Waals surface area contributed by atoms with E-state index in [-0.39, 0.29) is 46.6 Å². The van der Waals surface area contributed by atoms with Crippen molar-refractivity contribution in [2.45, 2.75) is 60.3 Å².